The lowest BCUT2D eigenvalue weighted by atomic mass is 9.82. The van der Waals surface area contributed by atoms with E-state index in [9.17, 15) is 19.2 Å². The number of nitrogens with one attached hydrogen (secondary N) is 3. The van der Waals surface area contributed by atoms with Crippen LogP contribution in [0, 0.1) is 5.92 Å². The maximum atomic E-state index is 14.3. The first-order valence-corrected chi connectivity index (χ1v) is 14.4. The molecule has 1 aliphatic carbocycles. The summed E-state index contributed by atoms with van der Waals surface area (Å²) in [6.07, 6.45) is 5.90. The number of amides is 3. The summed E-state index contributed by atoms with van der Waals surface area (Å²) >= 11 is 0. The largest absolute Gasteiger partial charge is 0.493 e. The molecule has 3 N–H and O–H groups in total. The number of rotatable bonds is 7. The molecule has 4 aliphatic rings. The van der Waals surface area contributed by atoms with Gasteiger partial charge in [0.15, 0.2) is 0 Å². The van der Waals surface area contributed by atoms with Crippen molar-refractivity contribution in [1.29, 1.82) is 0 Å². The van der Waals surface area contributed by atoms with Crippen molar-refractivity contribution >= 4 is 23.5 Å². The molecule has 0 aromatic heterocycles. The Kier molecular flexibility index (Phi) is 8.52. The molecule has 3 fully saturated rings. The van der Waals surface area contributed by atoms with Gasteiger partial charge in [-0.25, -0.2) is 0 Å². The molecule has 10 nitrogen and oxygen atoms in total. The molecule has 3 heterocycles. The zero-order chi connectivity index (χ0) is 27.5. The lowest BCUT2D eigenvalue weighted by Gasteiger charge is -2.45. The Balaban J connectivity index is 1.40. The van der Waals surface area contributed by atoms with E-state index in [2.05, 4.69) is 16.0 Å². The minimum absolute atomic E-state index is 0.0218. The minimum atomic E-state index is -0.751. The highest BCUT2D eigenvalue weighted by Gasteiger charge is 2.47. The van der Waals surface area contributed by atoms with Gasteiger partial charge in [0, 0.05) is 37.5 Å². The van der Waals surface area contributed by atoms with Gasteiger partial charge in [0.05, 0.1) is 25.2 Å². The summed E-state index contributed by atoms with van der Waals surface area (Å²) < 4.78 is 5.77. The van der Waals surface area contributed by atoms with Crippen LogP contribution in [-0.4, -0.2) is 90.8 Å². The van der Waals surface area contributed by atoms with Crippen LogP contribution in [0.15, 0.2) is 24.3 Å². The number of fused-ring (bicyclic) bond motifs is 2. The highest BCUT2D eigenvalue weighted by Crippen LogP contribution is 2.33. The number of nitrogens with zero attached hydrogens (tertiary/aromatic N) is 2. The Labute approximate surface area is 230 Å². The Morgan fingerprint density at radius 2 is 1.82 bits per heavy atom. The van der Waals surface area contributed by atoms with E-state index in [1.807, 2.05) is 29.2 Å². The van der Waals surface area contributed by atoms with Gasteiger partial charge >= 0.3 is 0 Å². The average Bonchev–Trinajstić information content (AvgIpc) is 3.33. The number of ether oxygens (including phenoxy) is 1. The molecular formula is C29H41N5O5. The highest BCUT2D eigenvalue weighted by atomic mass is 16.5. The number of carbonyl (C=O) groups is 4. The molecule has 3 amide bonds. The Bertz CT molecular complexity index is 1090. The van der Waals surface area contributed by atoms with Crippen molar-refractivity contribution in [3.05, 3.63) is 29.8 Å². The van der Waals surface area contributed by atoms with Gasteiger partial charge in [0.1, 0.15) is 23.6 Å². The van der Waals surface area contributed by atoms with E-state index < -0.39 is 18.1 Å². The summed E-state index contributed by atoms with van der Waals surface area (Å²) in [6.45, 7) is 3.17. The number of piperazine rings is 1. The first-order valence-electron chi connectivity index (χ1n) is 14.4. The minimum Gasteiger partial charge on any atom is -0.493 e. The molecule has 5 atom stereocenters. The normalized spacial score (nSPS) is 27.1. The summed E-state index contributed by atoms with van der Waals surface area (Å²) in [5.74, 6) is 0.232. The van der Waals surface area contributed by atoms with Crippen LogP contribution in [0.1, 0.15) is 63.5 Å². The van der Waals surface area contributed by atoms with E-state index in [0.717, 1.165) is 43.4 Å². The van der Waals surface area contributed by atoms with Crippen molar-refractivity contribution in [2.45, 2.75) is 82.1 Å². The van der Waals surface area contributed by atoms with Crippen molar-refractivity contribution in [3.8, 4) is 5.75 Å². The SMILES string of the molecule is CN[C@@H](C)C(=O)N[C@H](C(=O)N1C[C@H]2CC(=O)CN2CC1C(=O)N[C@@H]1CCOc2ccccc21)C1CCCCC1. The van der Waals surface area contributed by atoms with E-state index in [1.165, 1.54) is 0 Å². The summed E-state index contributed by atoms with van der Waals surface area (Å²) in [5, 5.41) is 9.17. The van der Waals surface area contributed by atoms with Crippen molar-refractivity contribution in [2.75, 3.05) is 33.3 Å². The third-order valence-corrected chi connectivity index (χ3v) is 8.92. The molecule has 212 valence electrons. The predicted molar refractivity (Wildman–Crippen MR) is 145 cm³/mol. The third kappa shape index (κ3) is 5.96. The summed E-state index contributed by atoms with van der Waals surface area (Å²) in [7, 11) is 1.72. The smallest absolute Gasteiger partial charge is 0.246 e. The number of para-hydroxylation sites is 1. The first-order chi connectivity index (χ1) is 18.9. The molecule has 0 radical (unpaired) electrons. The Hall–Kier alpha value is -2.98. The van der Waals surface area contributed by atoms with Crippen LogP contribution in [0.5, 0.6) is 5.75 Å². The van der Waals surface area contributed by atoms with Gasteiger partial charge in [0.2, 0.25) is 17.7 Å². The second-order valence-corrected chi connectivity index (χ2v) is 11.5. The number of hydrogen-bond acceptors (Lipinski definition) is 7. The number of Topliss-reactive ketones (excluding diaryl/α,β-unsaturated/α-hetero) is 1. The molecule has 1 aromatic carbocycles. The zero-order valence-corrected chi connectivity index (χ0v) is 23.0. The number of ketones is 1. The van der Waals surface area contributed by atoms with E-state index in [-0.39, 0.29) is 41.5 Å². The molecule has 1 unspecified atom stereocenters. The fraction of sp³-hybridized carbons (Fsp3) is 0.655. The van der Waals surface area contributed by atoms with Gasteiger partial charge in [-0.1, -0.05) is 37.5 Å². The molecular weight excluding hydrogens is 498 g/mol. The van der Waals surface area contributed by atoms with Gasteiger partial charge in [-0.2, -0.15) is 0 Å². The second-order valence-electron chi connectivity index (χ2n) is 11.5. The summed E-state index contributed by atoms with van der Waals surface area (Å²) in [6, 6.07) is 5.47. The van der Waals surface area contributed by atoms with Gasteiger partial charge in [-0.3, -0.25) is 24.1 Å². The molecule has 0 spiro atoms. The van der Waals surface area contributed by atoms with Crippen LogP contribution in [0.25, 0.3) is 0 Å². The van der Waals surface area contributed by atoms with Gasteiger partial charge < -0.3 is 25.6 Å². The highest BCUT2D eigenvalue weighted by molar-refractivity contribution is 5.94. The number of benzene rings is 1. The predicted octanol–water partition coefficient (Wildman–Crippen LogP) is 1.15. The Morgan fingerprint density at radius 1 is 1.05 bits per heavy atom. The maximum Gasteiger partial charge on any atom is 0.246 e. The second kappa shape index (κ2) is 12.0. The third-order valence-electron chi connectivity index (χ3n) is 8.92. The fourth-order valence-electron chi connectivity index (χ4n) is 6.55. The van der Waals surface area contributed by atoms with Crippen molar-refractivity contribution in [3.63, 3.8) is 0 Å². The van der Waals surface area contributed by atoms with Crippen LogP contribution in [0.4, 0.5) is 0 Å². The van der Waals surface area contributed by atoms with Crippen molar-refractivity contribution in [2.24, 2.45) is 5.92 Å². The van der Waals surface area contributed by atoms with Crippen LogP contribution < -0.4 is 20.7 Å². The van der Waals surface area contributed by atoms with Crippen LogP contribution in [-0.2, 0) is 19.2 Å². The van der Waals surface area contributed by atoms with Gasteiger partial charge in [-0.15, -0.1) is 0 Å². The molecule has 2 saturated heterocycles. The van der Waals surface area contributed by atoms with Crippen molar-refractivity contribution < 1.29 is 23.9 Å². The standard InChI is InChI=1S/C29H41N5O5/c1-18(30-2)27(36)32-26(19-8-4-3-5-9-19)29(38)34-15-20-14-21(35)16-33(20)17-24(34)28(37)31-23-12-13-39-25-11-7-6-10-22(23)25/h6-7,10-11,18-20,23-24,26,30H,3-5,8-9,12-17H2,1-2H3,(H,31,37)(H,32,36)/t18-,20+,23+,24?,26-/m0/s1. The Morgan fingerprint density at radius 3 is 2.59 bits per heavy atom. The summed E-state index contributed by atoms with van der Waals surface area (Å²) in [5.41, 5.74) is 0.924. The van der Waals surface area contributed by atoms with Crippen molar-refractivity contribution in [1.82, 2.24) is 25.8 Å². The van der Waals surface area contributed by atoms with Gasteiger partial charge in [-0.05, 0) is 38.8 Å². The van der Waals surface area contributed by atoms with E-state index in [4.69, 9.17) is 4.74 Å². The summed E-state index contributed by atoms with van der Waals surface area (Å²) in [4.78, 5) is 57.2. The fourth-order valence-corrected chi connectivity index (χ4v) is 6.55. The average molecular weight is 540 g/mol. The van der Waals surface area contributed by atoms with E-state index in [0.29, 0.717) is 39.1 Å². The maximum absolute atomic E-state index is 14.3. The van der Waals surface area contributed by atoms with Crippen LogP contribution in [0.3, 0.4) is 0 Å². The zero-order valence-electron chi connectivity index (χ0n) is 23.0. The van der Waals surface area contributed by atoms with Gasteiger partial charge in [0.25, 0.3) is 0 Å². The van der Waals surface area contributed by atoms with E-state index >= 15 is 0 Å². The molecule has 3 aliphatic heterocycles. The first kappa shape index (κ1) is 27.6. The molecule has 0 bridgehead atoms. The molecule has 39 heavy (non-hydrogen) atoms. The molecule has 1 aromatic rings. The molecule has 1 saturated carbocycles. The lowest BCUT2D eigenvalue weighted by molar-refractivity contribution is -0.149. The van der Waals surface area contributed by atoms with Crippen LogP contribution in [0.2, 0.25) is 0 Å². The quantitative estimate of drug-likeness (QED) is 0.476. The number of carbonyl (C=O) groups excluding carboxylic acids is 4. The van der Waals surface area contributed by atoms with Crippen LogP contribution >= 0.6 is 0 Å². The number of hydrogen-bond donors (Lipinski definition) is 3. The monoisotopic (exact) mass is 539 g/mol. The lowest BCUT2D eigenvalue weighted by Crippen LogP contribution is -2.66. The number of likely N-dealkylation sites (N-methyl/N-ethyl adjacent to an activating group) is 1. The van der Waals surface area contributed by atoms with E-state index in [1.54, 1.807) is 18.9 Å². The topological polar surface area (TPSA) is 120 Å². The molecule has 5 rings (SSSR count). The molecule has 10 heteroatoms.